The van der Waals surface area contributed by atoms with Gasteiger partial charge in [-0.1, -0.05) is 13.3 Å². The quantitative estimate of drug-likeness (QED) is 0.792. The van der Waals surface area contributed by atoms with Crippen LogP contribution in [0.4, 0.5) is 0 Å². The molecule has 7 heteroatoms. The maximum Gasteiger partial charge on any atom is 0.329 e. The normalized spacial score (nSPS) is 14.3. The molecule has 0 aliphatic carbocycles. The van der Waals surface area contributed by atoms with Crippen molar-refractivity contribution in [3.63, 3.8) is 0 Å². The van der Waals surface area contributed by atoms with Crippen molar-refractivity contribution in [2.45, 2.75) is 56.2 Å². The third-order valence-electron chi connectivity index (χ3n) is 3.68. The maximum atomic E-state index is 12.2. The van der Waals surface area contributed by atoms with Crippen LogP contribution in [0.5, 0.6) is 0 Å². The summed E-state index contributed by atoms with van der Waals surface area (Å²) in [5.41, 5.74) is -1.13. The summed E-state index contributed by atoms with van der Waals surface area (Å²) in [6, 6.07) is 5.50. The topological polar surface area (TPSA) is 101 Å². The lowest BCUT2D eigenvalue weighted by Crippen LogP contribution is -2.52. The number of aliphatic carboxylic acids is 1. The van der Waals surface area contributed by atoms with Gasteiger partial charge in [0.25, 0.3) is 5.91 Å². The first-order valence-electron chi connectivity index (χ1n) is 7.44. The van der Waals surface area contributed by atoms with Gasteiger partial charge in [-0.25, -0.2) is 13.2 Å². The summed E-state index contributed by atoms with van der Waals surface area (Å²) < 4.78 is 24.1. The number of carbonyl (C=O) groups is 2. The molecule has 1 atom stereocenters. The van der Waals surface area contributed by atoms with E-state index < -0.39 is 32.5 Å². The Hall–Kier alpha value is -1.89. The molecule has 23 heavy (non-hydrogen) atoms. The summed E-state index contributed by atoms with van der Waals surface area (Å²) in [6.07, 6.45) is 0.905. The van der Waals surface area contributed by atoms with Crippen molar-refractivity contribution >= 4 is 21.7 Å². The van der Waals surface area contributed by atoms with Crippen molar-refractivity contribution in [3.8, 4) is 0 Å². The number of carbonyl (C=O) groups excluding carboxylic acids is 1. The summed E-state index contributed by atoms with van der Waals surface area (Å²) in [4.78, 5) is 23.7. The Morgan fingerprint density at radius 3 is 2.13 bits per heavy atom. The van der Waals surface area contributed by atoms with Gasteiger partial charge in [-0.3, -0.25) is 4.79 Å². The number of hydrogen-bond donors (Lipinski definition) is 2. The summed E-state index contributed by atoms with van der Waals surface area (Å²) in [7, 11) is -3.40. The van der Waals surface area contributed by atoms with Crippen LogP contribution in [0.2, 0.25) is 0 Å². The van der Waals surface area contributed by atoms with E-state index in [0.717, 1.165) is 0 Å². The van der Waals surface area contributed by atoms with Crippen molar-refractivity contribution < 1.29 is 23.1 Å². The van der Waals surface area contributed by atoms with Gasteiger partial charge in [-0.2, -0.15) is 0 Å². The van der Waals surface area contributed by atoms with Crippen LogP contribution in [0.15, 0.2) is 29.2 Å². The first kappa shape index (κ1) is 19.2. The van der Waals surface area contributed by atoms with E-state index >= 15 is 0 Å². The van der Waals surface area contributed by atoms with E-state index in [-0.39, 0.29) is 10.5 Å². The first-order valence-corrected chi connectivity index (χ1v) is 8.99. The van der Waals surface area contributed by atoms with Gasteiger partial charge in [0, 0.05) is 5.56 Å². The fraction of sp³-hybridized carbons (Fsp3) is 0.500. The van der Waals surface area contributed by atoms with E-state index in [1.165, 1.54) is 31.2 Å². The highest BCUT2D eigenvalue weighted by atomic mass is 32.2. The highest BCUT2D eigenvalue weighted by Gasteiger charge is 2.34. The van der Waals surface area contributed by atoms with Crippen LogP contribution in [-0.4, -0.2) is 36.2 Å². The highest BCUT2D eigenvalue weighted by molar-refractivity contribution is 7.92. The first-order chi connectivity index (χ1) is 10.5. The zero-order valence-electron chi connectivity index (χ0n) is 13.8. The minimum atomic E-state index is -3.40. The molecule has 0 aromatic heterocycles. The van der Waals surface area contributed by atoms with E-state index in [0.29, 0.717) is 12.8 Å². The van der Waals surface area contributed by atoms with Gasteiger partial charge in [0.05, 0.1) is 10.1 Å². The largest absolute Gasteiger partial charge is 0.480 e. The van der Waals surface area contributed by atoms with Gasteiger partial charge in [-0.15, -0.1) is 0 Å². The van der Waals surface area contributed by atoms with Crippen molar-refractivity contribution in [2.24, 2.45) is 0 Å². The predicted octanol–water partition coefficient (Wildman–Crippen LogP) is 2.24. The van der Waals surface area contributed by atoms with Gasteiger partial charge in [-0.05, 0) is 51.5 Å². The average Bonchev–Trinajstić information content (AvgIpc) is 2.47. The van der Waals surface area contributed by atoms with Crippen molar-refractivity contribution in [1.29, 1.82) is 0 Å². The minimum absolute atomic E-state index is 0.138. The molecule has 1 amide bonds. The minimum Gasteiger partial charge on any atom is -0.480 e. The molecule has 0 aliphatic heterocycles. The van der Waals surface area contributed by atoms with Crippen LogP contribution in [0.25, 0.3) is 0 Å². The summed E-state index contributed by atoms with van der Waals surface area (Å²) >= 11 is 0. The zero-order valence-corrected chi connectivity index (χ0v) is 14.6. The Kier molecular flexibility index (Phi) is 5.93. The van der Waals surface area contributed by atoms with E-state index in [4.69, 9.17) is 0 Å². The molecule has 1 aromatic carbocycles. The van der Waals surface area contributed by atoms with Gasteiger partial charge >= 0.3 is 5.97 Å². The number of rotatable bonds is 7. The molecule has 0 bridgehead atoms. The standard InChI is InChI=1S/C16H23NO5S/c1-5-10-16(4,15(19)20)17-14(18)12-6-8-13(9-7-12)23(21,22)11(2)3/h6-9,11H,5,10H2,1-4H3,(H,17,18)(H,19,20). The van der Waals surface area contributed by atoms with Crippen LogP contribution in [0.1, 0.15) is 50.9 Å². The van der Waals surface area contributed by atoms with Crippen LogP contribution < -0.4 is 5.32 Å². The molecule has 0 saturated carbocycles. The second kappa shape index (κ2) is 7.12. The SMILES string of the molecule is CCCC(C)(NC(=O)c1ccc(S(=O)(=O)C(C)C)cc1)C(=O)O. The van der Waals surface area contributed by atoms with Crippen molar-refractivity contribution in [3.05, 3.63) is 29.8 Å². The van der Waals surface area contributed by atoms with Crippen LogP contribution >= 0.6 is 0 Å². The molecule has 0 fully saturated rings. The second-order valence-corrected chi connectivity index (χ2v) is 8.46. The molecule has 2 N–H and O–H groups in total. The van der Waals surface area contributed by atoms with Crippen molar-refractivity contribution in [2.75, 3.05) is 0 Å². The molecule has 0 saturated heterocycles. The highest BCUT2D eigenvalue weighted by Crippen LogP contribution is 2.18. The Balaban J connectivity index is 3.01. The Morgan fingerprint density at radius 2 is 1.74 bits per heavy atom. The van der Waals surface area contributed by atoms with E-state index in [1.807, 2.05) is 6.92 Å². The van der Waals surface area contributed by atoms with Gasteiger partial charge < -0.3 is 10.4 Å². The molecule has 1 aromatic rings. The summed E-state index contributed by atoms with van der Waals surface area (Å²) in [5.74, 6) is -1.65. The van der Waals surface area contributed by atoms with E-state index in [9.17, 15) is 23.1 Å². The molecule has 6 nitrogen and oxygen atoms in total. The van der Waals surface area contributed by atoms with Gasteiger partial charge in [0.1, 0.15) is 5.54 Å². The molecule has 0 heterocycles. The number of carboxylic acids is 1. The lowest BCUT2D eigenvalue weighted by atomic mass is 9.96. The average molecular weight is 341 g/mol. The third-order valence-corrected chi connectivity index (χ3v) is 5.85. The van der Waals surface area contributed by atoms with Crippen LogP contribution in [-0.2, 0) is 14.6 Å². The van der Waals surface area contributed by atoms with E-state index in [1.54, 1.807) is 13.8 Å². The Bertz CT molecular complexity index is 679. The number of nitrogens with one attached hydrogen (secondary N) is 1. The molecule has 0 aliphatic rings. The Labute approximate surface area is 136 Å². The second-order valence-electron chi connectivity index (χ2n) is 5.96. The van der Waals surface area contributed by atoms with Crippen molar-refractivity contribution in [1.82, 2.24) is 5.32 Å². The summed E-state index contributed by atoms with van der Waals surface area (Å²) in [5, 5.41) is 11.2. The number of carboxylic acid groups (broad SMARTS) is 1. The summed E-state index contributed by atoms with van der Waals surface area (Å²) in [6.45, 7) is 6.45. The smallest absolute Gasteiger partial charge is 0.329 e. The van der Waals surface area contributed by atoms with E-state index in [2.05, 4.69) is 5.32 Å². The molecule has 1 rings (SSSR count). The van der Waals surface area contributed by atoms with Crippen LogP contribution in [0.3, 0.4) is 0 Å². The maximum absolute atomic E-state index is 12.2. The predicted molar refractivity (Wildman–Crippen MR) is 87.2 cm³/mol. The molecule has 0 radical (unpaired) electrons. The molecule has 1 unspecified atom stereocenters. The lowest BCUT2D eigenvalue weighted by molar-refractivity contribution is -0.144. The monoisotopic (exact) mass is 341 g/mol. The van der Waals surface area contributed by atoms with Gasteiger partial charge in [0.2, 0.25) is 0 Å². The number of sulfone groups is 1. The fourth-order valence-electron chi connectivity index (χ4n) is 2.11. The fourth-order valence-corrected chi connectivity index (χ4v) is 3.17. The Morgan fingerprint density at radius 1 is 1.22 bits per heavy atom. The third kappa shape index (κ3) is 4.31. The van der Waals surface area contributed by atoms with Crippen LogP contribution in [0, 0.1) is 0 Å². The zero-order chi connectivity index (χ0) is 17.8. The lowest BCUT2D eigenvalue weighted by Gasteiger charge is -2.25. The number of hydrogen-bond acceptors (Lipinski definition) is 4. The van der Waals surface area contributed by atoms with Gasteiger partial charge in [0.15, 0.2) is 9.84 Å². The molecule has 128 valence electrons. The number of benzene rings is 1. The number of amides is 1. The molecular weight excluding hydrogens is 318 g/mol. The molecular formula is C16H23NO5S. The molecule has 0 spiro atoms.